The average Bonchev–Trinajstić information content (AvgIpc) is 2.95. The predicted molar refractivity (Wildman–Crippen MR) is 64.2 cm³/mol. The van der Waals surface area contributed by atoms with Gasteiger partial charge < -0.3 is 15.6 Å². The summed E-state index contributed by atoms with van der Waals surface area (Å²) in [4.78, 5) is 0. The number of phenolic OH excluding ortho intramolecular Hbond substituents is 1. The molecule has 1 aromatic rings. The van der Waals surface area contributed by atoms with E-state index in [-0.39, 0.29) is 5.75 Å². The lowest BCUT2D eigenvalue weighted by Gasteiger charge is -2.20. The van der Waals surface area contributed by atoms with Crippen LogP contribution in [0.5, 0.6) is 11.5 Å². The molecule has 1 aliphatic rings. The molecule has 0 amide bonds. The van der Waals surface area contributed by atoms with Crippen LogP contribution in [0.4, 0.5) is 0 Å². The van der Waals surface area contributed by atoms with Crippen molar-refractivity contribution in [3.05, 3.63) is 21.7 Å². The molecule has 0 unspecified atom stereocenters. The van der Waals surface area contributed by atoms with E-state index in [0.29, 0.717) is 10.8 Å². The minimum Gasteiger partial charge on any atom is -0.504 e. The van der Waals surface area contributed by atoms with Crippen molar-refractivity contribution in [3.63, 3.8) is 0 Å². The molecule has 3 N–H and O–H groups in total. The van der Waals surface area contributed by atoms with Gasteiger partial charge in [-0.3, -0.25) is 0 Å². The van der Waals surface area contributed by atoms with Crippen molar-refractivity contribution in [3.8, 4) is 11.5 Å². The summed E-state index contributed by atoms with van der Waals surface area (Å²) in [5.41, 5.74) is 8.07. The van der Waals surface area contributed by atoms with Gasteiger partial charge in [0.2, 0.25) is 0 Å². The number of rotatable bonds is 2. The molecule has 16 heavy (non-hydrogen) atoms. The van der Waals surface area contributed by atoms with Crippen LogP contribution in [0.2, 0.25) is 5.02 Å². The molecule has 0 spiro atoms. The molecule has 4 heteroatoms. The van der Waals surface area contributed by atoms with Crippen LogP contribution in [0.3, 0.4) is 0 Å². The van der Waals surface area contributed by atoms with Gasteiger partial charge in [-0.15, -0.1) is 0 Å². The fourth-order valence-electron chi connectivity index (χ4n) is 2.20. The van der Waals surface area contributed by atoms with E-state index in [9.17, 15) is 5.11 Å². The Morgan fingerprint density at radius 3 is 2.31 bits per heavy atom. The Morgan fingerprint density at radius 2 is 1.88 bits per heavy atom. The van der Waals surface area contributed by atoms with Gasteiger partial charge in [-0.2, -0.15) is 0 Å². The molecule has 0 saturated heterocycles. The molecule has 0 heterocycles. The zero-order valence-electron chi connectivity index (χ0n) is 9.72. The molecule has 88 valence electrons. The Balaban J connectivity index is 2.74. The van der Waals surface area contributed by atoms with Crippen molar-refractivity contribution >= 4 is 11.6 Å². The Morgan fingerprint density at radius 1 is 1.31 bits per heavy atom. The first-order valence-corrected chi connectivity index (χ1v) is 5.65. The first kappa shape index (κ1) is 11.6. The van der Waals surface area contributed by atoms with Gasteiger partial charge in [0.25, 0.3) is 0 Å². The van der Waals surface area contributed by atoms with Crippen LogP contribution in [0.25, 0.3) is 0 Å². The SMILES string of the molecule is COc1c(C)c(Cl)c(C)c(C2(N)CC2)c1O. The molecule has 0 radical (unpaired) electrons. The Bertz CT molecular complexity index is 453. The maximum absolute atomic E-state index is 10.2. The van der Waals surface area contributed by atoms with Crippen LogP contribution >= 0.6 is 11.6 Å². The highest BCUT2D eigenvalue weighted by molar-refractivity contribution is 6.32. The molecular weight excluding hydrogens is 226 g/mol. The number of ether oxygens (including phenoxy) is 1. The maximum Gasteiger partial charge on any atom is 0.165 e. The lowest BCUT2D eigenvalue weighted by molar-refractivity contribution is 0.365. The van der Waals surface area contributed by atoms with Crippen LogP contribution in [0, 0.1) is 13.8 Å². The van der Waals surface area contributed by atoms with Gasteiger partial charge in [0.15, 0.2) is 11.5 Å². The summed E-state index contributed by atoms with van der Waals surface area (Å²) >= 11 is 6.23. The number of phenols is 1. The van der Waals surface area contributed by atoms with E-state index in [2.05, 4.69) is 0 Å². The second kappa shape index (κ2) is 3.54. The van der Waals surface area contributed by atoms with Crippen LogP contribution in [-0.2, 0) is 5.54 Å². The smallest absolute Gasteiger partial charge is 0.165 e. The Hall–Kier alpha value is -0.930. The molecule has 0 aliphatic heterocycles. The first-order valence-electron chi connectivity index (χ1n) is 5.27. The number of aromatic hydroxyl groups is 1. The summed E-state index contributed by atoms with van der Waals surface area (Å²) < 4.78 is 5.19. The minimum atomic E-state index is -0.418. The third kappa shape index (κ3) is 1.46. The van der Waals surface area contributed by atoms with Crippen LogP contribution in [0.15, 0.2) is 0 Å². The number of hydrogen-bond donors (Lipinski definition) is 2. The molecule has 0 bridgehead atoms. The van der Waals surface area contributed by atoms with Gasteiger partial charge in [0.1, 0.15) is 0 Å². The van der Waals surface area contributed by atoms with Gasteiger partial charge in [-0.1, -0.05) is 11.6 Å². The highest BCUT2D eigenvalue weighted by Crippen LogP contribution is 2.53. The normalized spacial score (nSPS) is 17.3. The number of methoxy groups -OCH3 is 1. The topological polar surface area (TPSA) is 55.5 Å². The Labute approximate surface area is 100 Å². The monoisotopic (exact) mass is 241 g/mol. The molecule has 1 aromatic carbocycles. The summed E-state index contributed by atoms with van der Waals surface area (Å²) in [7, 11) is 1.52. The summed E-state index contributed by atoms with van der Waals surface area (Å²) in [5, 5.41) is 10.8. The number of halogens is 1. The van der Waals surface area contributed by atoms with E-state index in [0.717, 1.165) is 29.5 Å². The third-order valence-corrected chi connectivity index (χ3v) is 3.88. The van der Waals surface area contributed by atoms with Crippen molar-refractivity contribution in [1.82, 2.24) is 0 Å². The van der Waals surface area contributed by atoms with Crippen molar-refractivity contribution < 1.29 is 9.84 Å². The van der Waals surface area contributed by atoms with Gasteiger partial charge in [-0.05, 0) is 32.3 Å². The predicted octanol–water partition coefficient (Wildman–Crippen LogP) is 2.62. The summed E-state index contributed by atoms with van der Waals surface area (Å²) in [6.45, 7) is 3.71. The van der Waals surface area contributed by atoms with Gasteiger partial charge in [0.05, 0.1) is 12.1 Å². The highest BCUT2D eigenvalue weighted by atomic mass is 35.5. The van der Waals surface area contributed by atoms with Gasteiger partial charge >= 0.3 is 0 Å². The molecule has 1 aliphatic carbocycles. The molecule has 1 fully saturated rings. The largest absolute Gasteiger partial charge is 0.504 e. The quantitative estimate of drug-likeness (QED) is 0.837. The average molecular weight is 242 g/mol. The molecule has 1 saturated carbocycles. The third-order valence-electron chi connectivity index (χ3n) is 3.32. The van der Waals surface area contributed by atoms with Crippen molar-refractivity contribution in [1.29, 1.82) is 0 Å². The zero-order valence-corrected chi connectivity index (χ0v) is 10.5. The number of benzene rings is 1. The van der Waals surface area contributed by atoms with E-state index < -0.39 is 5.54 Å². The summed E-state index contributed by atoms with van der Waals surface area (Å²) in [6, 6.07) is 0. The van der Waals surface area contributed by atoms with Crippen molar-refractivity contribution in [2.45, 2.75) is 32.2 Å². The second-order valence-corrected chi connectivity index (χ2v) is 4.85. The number of nitrogens with two attached hydrogens (primary N) is 1. The molecule has 0 atom stereocenters. The van der Waals surface area contributed by atoms with Crippen LogP contribution < -0.4 is 10.5 Å². The van der Waals surface area contributed by atoms with Crippen LogP contribution in [0.1, 0.15) is 29.5 Å². The minimum absolute atomic E-state index is 0.141. The molecule has 0 aromatic heterocycles. The van der Waals surface area contributed by atoms with Crippen molar-refractivity contribution in [2.75, 3.05) is 7.11 Å². The van der Waals surface area contributed by atoms with E-state index in [1.165, 1.54) is 7.11 Å². The lowest BCUT2D eigenvalue weighted by Crippen LogP contribution is -2.21. The van der Waals surface area contributed by atoms with E-state index in [1.807, 2.05) is 13.8 Å². The summed E-state index contributed by atoms with van der Waals surface area (Å²) in [5.74, 6) is 0.573. The maximum atomic E-state index is 10.2. The lowest BCUT2D eigenvalue weighted by atomic mass is 9.95. The zero-order chi connectivity index (χ0) is 12.1. The van der Waals surface area contributed by atoms with E-state index >= 15 is 0 Å². The van der Waals surface area contributed by atoms with E-state index in [1.54, 1.807) is 0 Å². The molecular formula is C12H16ClNO2. The fourth-order valence-corrected chi connectivity index (χ4v) is 2.38. The van der Waals surface area contributed by atoms with E-state index in [4.69, 9.17) is 22.1 Å². The summed E-state index contributed by atoms with van der Waals surface area (Å²) in [6.07, 6.45) is 1.76. The number of hydrogen-bond acceptors (Lipinski definition) is 3. The van der Waals surface area contributed by atoms with Gasteiger partial charge in [-0.25, -0.2) is 0 Å². The molecule has 3 nitrogen and oxygen atoms in total. The van der Waals surface area contributed by atoms with Crippen molar-refractivity contribution in [2.24, 2.45) is 5.73 Å². The van der Waals surface area contributed by atoms with Crippen LogP contribution in [-0.4, -0.2) is 12.2 Å². The van der Waals surface area contributed by atoms with Gasteiger partial charge in [0, 0.05) is 16.7 Å². The highest BCUT2D eigenvalue weighted by Gasteiger charge is 2.44. The fraction of sp³-hybridized carbons (Fsp3) is 0.500. The standard InChI is InChI=1S/C12H16ClNO2/c1-6-8(12(14)4-5-12)10(15)11(16-3)7(2)9(6)13/h15H,4-5,14H2,1-3H3. The Kier molecular flexibility index (Phi) is 2.55. The second-order valence-electron chi connectivity index (χ2n) is 4.48. The first-order chi connectivity index (χ1) is 7.42. The molecule has 2 rings (SSSR count).